The monoisotopic (exact) mass is 444 g/mol. The van der Waals surface area contributed by atoms with Gasteiger partial charge in [0.05, 0.1) is 31.1 Å². The molecule has 0 bridgehead atoms. The number of rotatable bonds is 5. The number of aromatic nitrogens is 1. The van der Waals surface area contributed by atoms with Gasteiger partial charge in [-0.05, 0) is 31.0 Å². The van der Waals surface area contributed by atoms with Crippen molar-refractivity contribution in [1.82, 2.24) is 4.57 Å². The molecule has 140 valence electrons. The van der Waals surface area contributed by atoms with Crippen LogP contribution in [0.5, 0.6) is 5.75 Å². The van der Waals surface area contributed by atoms with Crippen LogP contribution in [0.3, 0.4) is 0 Å². The van der Waals surface area contributed by atoms with E-state index in [9.17, 15) is 0 Å². The smallest absolute Gasteiger partial charge is 0.190 e. The summed E-state index contributed by atoms with van der Waals surface area (Å²) < 4.78 is 14.6. The number of halogens is 1. The van der Waals surface area contributed by atoms with Gasteiger partial charge in [0.1, 0.15) is 5.75 Å². The lowest BCUT2D eigenvalue weighted by Gasteiger charge is -2.14. The number of methoxy groups -OCH3 is 1. The van der Waals surface area contributed by atoms with Crippen molar-refractivity contribution < 1.29 is 9.47 Å². The van der Waals surface area contributed by atoms with E-state index < -0.39 is 0 Å². The normalized spacial score (nSPS) is 17.4. The van der Waals surface area contributed by atoms with Crippen LogP contribution < -0.4 is 9.54 Å². The van der Waals surface area contributed by atoms with E-state index in [1.54, 1.807) is 18.4 Å². The third-order valence-electron chi connectivity index (χ3n) is 4.64. The van der Waals surface area contributed by atoms with Crippen molar-refractivity contribution in [3.05, 3.63) is 63.2 Å². The minimum Gasteiger partial charge on any atom is -0.497 e. The molecule has 1 unspecified atom stereocenters. The molecule has 3 aromatic rings. The van der Waals surface area contributed by atoms with Gasteiger partial charge in [0.15, 0.2) is 4.80 Å². The molecule has 4 nitrogen and oxygen atoms in total. The van der Waals surface area contributed by atoms with Crippen LogP contribution in [0.1, 0.15) is 12.8 Å². The second kappa shape index (κ2) is 8.42. The maximum absolute atomic E-state index is 5.90. The van der Waals surface area contributed by atoms with E-state index in [-0.39, 0.29) is 6.10 Å². The number of hydrogen-bond acceptors (Lipinski definition) is 4. The molecule has 1 aliphatic rings. The topological polar surface area (TPSA) is 35.8 Å². The van der Waals surface area contributed by atoms with E-state index in [1.165, 1.54) is 5.56 Å². The van der Waals surface area contributed by atoms with Gasteiger partial charge in [0, 0.05) is 28.1 Å². The highest BCUT2D eigenvalue weighted by molar-refractivity contribution is 9.10. The van der Waals surface area contributed by atoms with Crippen LogP contribution >= 0.6 is 27.3 Å². The van der Waals surface area contributed by atoms with Gasteiger partial charge in [-0.1, -0.05) is 40.2 Å². The zero-order chi connectivity index (χ0) is 18.6. The highest BCUT2D eigenvalue weighted by Gasteiger charge is 2.19. The summed E-state index contributed by atoms with van der Waals surface area (Å²) in [5.74, 6) is 0.810. The summed E-state index contributed by atoms with van der Waals surface area (Å²) >= 11 is 5.34. The summed E-state index contributed by atoms with van der Waals surface area (Å²) in [7, 11) is 1.67. The minimum absolute atomic E-state index is 0.241. The van der Waals surface area contributed by atoms with Crippen molar-refractivity contribution in [3.8, 4) is 17.0 Å². The van der Waals surface area contributed by atoms with Gasteiger partial charge >= 0.3 is 0 Å². The van der Waals surface area contributed by atoms with Gasteiger partial charge in [0.2, 0.25) is 0 Å². The predicted molar refractivity (Wildman–Crippen MR) is 113 cm³/mol. The molecule has 0 radical (unpaired) electrons. The Balaban J connectivity index is 1.81. The fraction of sp³-hybridized carbons (Fsp3) is 0.286. The van der Waals surface area contributed by atoms with E-state index in [0.717, 1.165) is 52.4 Å². The van der Waals surface area contributed by atoms with Gasteiger partial charge in [-0.25, -0.2) is 4.99 Å². The Labute approximate surface area is 171 Å². The average molecular weight is 445 g/mol. The fourth-order valence-corrected chi connectivity index (χ4v) is 4.68. The number of thiazole rings is 1. The van der Waals surface area contributed by atoms with Crippen LogP contribution in [-0.4, -0.2) is 24.4 Å². The van der Waals surface area contributed by atoms with Gasteiger partial charge in [-0.2, -0.15) is 0 Å². The quantitative estimate of drug-likeness (QED) is 0.527. The van der Waals surface area contributed by atoms with Crippen molar-refractivity contribution in [1.29, 1.82) is 0 Å². The number of nitrogens with zero attached hydrogens (tertiary/aromatic N) is 2. The van der Waals surface area contributed by atoms with Gasteiger partial charge in [0.25, 0.3) is 0 Å². The molecule has 1 atom stereocenters. The first-order valence-corrected chi connectivity index (χ1v) is 10.7. The van der Waals surface area contributed by atoms with Gasteiger partial charge in [-0.15, -0.1) is 11.3 Å². The lowest BCUT2D eigenvalue weighted by atomic mass is 10.1. The molecule has 0 saturated carbocycles. The second-order valence-electron chi connectivity index (χ2n) is 6.44. The highest BCUT2D eigenvalue weighted by atomic mass is 79.9. The largest absolute Gasteiger partial charge is 0.497 e. The zero-order valence-electron chi connectivity index (χ0n) is 15.1. The number of ether oxygens (including phenoxy) is 2. The van der Waals surface area contributed by atoms with Crippen LogP contribution in [0.2, 0.25) is 0 Å². The van der Waals surface area contributed by atoms with Crippen molar-refractivity contribution >= 4 is 33.0 Å². The SMILES string of the molecule is COc1cccc(N=c2scc(-c3ccccc3Br)n2CC2CCCO2)c1. The molecule has 0 N–H and O–H groups in total. The second-order valence-corrected chi connectivity index (χ2v) is 8.13. The van der Waals surface area contributed by atoms with Crippen molar-refractivity contribution in [2.45, 2.75) is 25.5 Å². The lowest BCUT2D eigenvalue weighted by molar-refractivity contribution is 0.0968. The first kappa shape index (κ1) is 18.5. The summed E-state index contributed by atoms with van der Waals surface area (Å²) in [4.78, 5) is 5.86. The molecule has 1 aliphatic heterocycles. The standard InChI is InChI=1S/C21H21BrN2O2S/c1-25-16-7-4-6-15(12-16)23-21-24(13-17-8-5-11-26-17)20(14-27-21)18-9-2-3-10-19(18)22/h2-4,6-7,9-10,12,14,17H,5,8,11,13H2,1H3. The first-order chi connectivity index (χ1) is 13.2. The molecule has 0 amide bonds. The van der Waals surface area contributed by atoms with Crippen LogP contribution in [0.25, 0.3) is 11.3 Å². The van der Waals surface area contributed by atoms with Crippen LogP contribution in [0.4, 0.5) is 5.69 Å². The molecule has 0 spiro atoms. The Morgan fingerprint density at radius 1 is 1.26 bits per heavy atom. The Morgan fingerprint density at radius 3 is 2.93 bits per heavy atom. The van der Waals surface area contributed by atoms with Crippen molar-refractivity contribution in [2.24, 2.45) is 4.99 Å². The molecule has 0 aliphatic carbocycles. The van der Waals surface area contributed by atoms with E-state index in [0.29, 0.717) is 0 Å². The van der Waals surface area contributed by atoms with Crippen molar-refractivity contribution in [2.75, 3.05) is 13.7 Å². The predicted octanol–water partition coefficient (Wildman–Crippen LogP) is 5.40. The van der Waals surface area contributed by atoms with Gasteiger partial charge < -0.3 is 14.0 Å². The van der Waals surface area contributed by atoms with Gasteiger partial charge in [-0.3, -0.25) is 0 Å². The fourth-order valence-electron chi connectivity index (χ4n) is 3.26. The average Bonchev–Trinajstić information content (AvgIpc) is 3.34. The van der Waals surface area contributed by atoms with Crippen molar-refractivity contribution in [3.63, 3.8) is 0 Å². The van der Waals surface area contributed by atoms with E-state index in [2.05, 4.69) is 44.1 Å². The molecule has 4 rings (SSSR count). The zero-order valence-corrected chi connectivity index (χ0v) is 17.5. The van der Waals surface area contributed by atoms with E-state index >= 15 is 0 Å². The first-order valence-electron chi connectivity index (χ1n) is 8.98. The number of hydrogen-bond donors (Lipinski definition) is 0. The van der Waals surface area contributed by atoms with Crippen LogP contribution in [0.15, 0.2) is 63.4 Å². The van der Waals surface area contributed by atoms with Crippen LogP contribution in [-0.2, 0) is 11.3 Å². The third-order valence-corrected chi connectivity index (χ3v) is 6.19. The van der Waals surface area contributed by atoms with E-state index in [1.807, 2.05) is 30.3 Å². The molecule has 2 heterocycles. The lowest BCUT2D eigenvalue weighted by Crippen LogP contribution is -2.24. The molecule has 1 fully saturated rings. The molecule has 2 aromatic carbocycles. The molecule has 27 heavy (non-hydrogen) atoms. The highest BCUT2D eigenvalue weighted by Crippen LogP contribution is 2.29. The Morgan fingerprint density at radius 2 is 2.15 bits per heavy atom. The third kappa shape index (κ3) is 4.18. The Kier molecular flexibility index (Phi) is 5.76. The maximum atomic E-state index is 5.90. The summed E-state index contributed by atoms with van der Waals surface area (Å²) in [5.41, 5.74) is 3.21. The Bertz CT molecular complexity index is 990. The molecule has 1 aromatic heterocycles. The summed E-state index contributed by atoms with van der Waals surface area (Å²) in [6.45, 7) is 1.66. The molecular weight excluding hydrogens is 424 g/mol. The summed E-state index contributed by atoms with van der Waals surface area (Å²) in [6, 6.07) is 16.1. The molecule has 1 saturated heterocycles. The summed E-state index contributed by atoms with van der Waals surface area (Å²) in [5, 5.41) is 2.17. The molecule has 6 heteroatoms. The minimum atomic E-state index is 0.241. The van der Waals surface area contributed by atoms with Crippen LogP contribution in [0, 0.1) is 0 Å². The Hall–Kier alpha value is -1.89. The number of benzene rings is 2. The van der Waals surface area contributed by atoms with E-state index in [4.69, 9.17) is 14.5 Å². The summed E-state index contributed by atoms with van der Waals surface area (Å²) in [6.07, 6.45) is 2.46. The molecular formula is C21H21BrN2O2S. The maximum Gasteiger partial charge on any atom is 0.190 e.